The van der Waals surface area contributed by atoms with Crippen molar-refractivity contribution in [2.45, 2.75) is 27.7 Å². The van der Waals surface area contributed by atoms with Crippen LogP contribution in [0.15, 0.2) is 5.10 Å². The summed E-state index contributed by atoms with van der Waals surface area (Å²) >= 11 is 0. The van der Waals surface area contributed by atoms with Gasteiger partial charge in [-0.2, -0.15) is 5.10 Å². The van der Waals surface area contributed by atoms with Crippen LogP contribution in [0.3, 0.4) is 0 Å². The minimum Gasteiger partial charge on any atom is -0.350 e. The Morgan fingerprint density at radius 3 is 1.92 bits per heavy atom. The molecule has 12 heavy (non-hydrogen) atoms. The lowest BCUT2D eigenvalue weighted by molar-refractivity contribution is 0.249. The second-order valence-electron chi connectivity index (χ2n) is 3.32. The lowest BCUT2D eigenvalue weighted by atomic mass is 9.98. The average molecular weight is 171 g/mol. The summed E-state index contributed by atoms with van der Waals surface area (Å²) < 4.78 is 0. The molecule has 0 aromatic heterocycles. The van der Waals surface area contributed by atoms with Gasteiger partial charge in [0, 0.05) is 5.71 Å². The second kappa shape index (κ2) is 4.74. The first-order chi connectivity index (χ1) is 5.45. The van der Waals surface area contributed by atoms with Gasteiger partial charge >= 0.3 is 6.03 Å². The van der Waals surface area contributed by atoms with Gasteiger partial charge in [-0.15, -0.1) is 0 Å². The van der Waals surface area contributed by atoms with Crippen LogP contribution in [0.1, 0.15) is 27.7 Å². The van der Waals surface area contributed by atoms with Crippen molar-refractivity contribution >= 4 is 11.7 Å². The molecule has 3 N–H and O–H groups in total. The van der Waals surface area contributed by atoms with E-state index in [9.17, 15) is 4.79 Å². The number of carbonyl (C=O) groups is 1. The van der Waals surface area contributed by atoms with E-state index in [1.54, 1.807) is 0 Å². The molecule has 0 saturated heterocycles. The van der Waals surface area contributed by atoms with Gasteiger partial charge in [0.2, 0.25) is 0 Å². The van der Waals surface area contributed by atoms with E-state index in [0.29, 0.717) is 11.8 Å². The maximum Gasteiger partial charge on any atom is 0.332 e. The lowest BCUT2D eigenvalue weighted by Crippen LogP contribution is -2.28. The van der Waals surface area contributed by atoms with Crippen molar-refractivity contribution in [2.24, 2.45) is 22.7 Å². The summed E-state index contributed by atoms with van der Waals surface area (Å²) in [7, 11) is 0. The highest BCUT2D eigenvalue weighted by Crippen LogP contribution is 2.06. The van der Waals surface area contributed by atoms with E-state index in [1.165, 1.54) is 0 Å². The maximum atomic E-state index is 10.4. The summed E-state index contributed by atoms with van der Waals surface area (Å²) in [6.45, 7) is 8.12. The number of urea groups is 1. The quantitative estimate of drug-likeness (QED) is 0.488. The summed E-state index contributed by atoms with van der Waals surface area (Å²) in [5, 5.41) is 3.91. The Morgan fingerprint density at radius 1 is 1.25 bits per heavy atom. The van der Waals surface area contributed by atoms with Crippen LogP contribution in [0.4, 0.5) is 4.79 Å². The molecule has 0 aliphatic heterocycles. The van der Waals surface area contributed by atoms with Crippen molar-refractivity contribution in [3.8, 4) is 0 Å². The van der Waals surface area contributed by atoms with Crippen LogP contribution in [0.5, 0.6) is 0 Å². The van der Waals surface area contributed by atoms with Crippen LogP contribution in [-0.2, 0) is 0 Å². The fourth-order valence-electron chi connectivity index (χ4n) is 1.04. The van der Waals surface area contributed by atoms with Crippen molar-refractivity contribution in [1.29, 1.82) is 0 Å². The van der Waals surface area contributed by atoms with E-state index in [4.69, 9.17) is 5.73 Å². The van der Waals surface area contributed by atoms with Crippen LogP contribution in [0.25, 0.3) is 0 Å². The van der Waals surface area contributed by atoms with E-state index in [2.05, 4.69) is 10.5 Å². The zero-order valence-corrected chi connectivity index (χ0v) is 8.09. The molecule has 0 fully saturated rings. The minimum absolute atomic E-state index is 0.330. The molecule has 0 aromatic carbocycles. The van der Waals surface area contributed by atoms with Gasteiger partial charge in [-0.25, -0.2) is 10.2 Å². The normalized spacial score (nSPS) is 10.2. The van der Waals surface area contributed by atoms with Crippen molar-refractivity contribution in [2.75, 3.05) is 0 Å². The summed E-state index contributed by atoms with van der Waals surface area (Å²) in [6.07, 6.45) is 0. The van der Waals surface area contributed by atoms with Gasteiger partial charge in [0.25, 0.3) is 0 Å². The number of nitrogens with one attached hydrogen (secondary N) is 1. The Balaban J connectivity index is 4.29. The molecule has 4 nitrogen and oxygen atoms in total. The molecule has 0 heterocycles. The first kappa shape index (κ1) is 10.9. The van der Waals surface area contributed by atoms with E-state index in [0.717, 1.165) is 5.71 Å². The number of nitrogens with two attached hydrogens (primary N) is 1. The molecule has 70 valence electrons. The van der Waals surface area contributed by atoms with Crippen LogP contribution in [0.2, 0.25) is 0 Å². The maximum absolute atomic E-state index is 10.4. The summed E-state index contributed by atoms with van der Waals surface area (Å²) in [5.41, 5.74) is 8.07. The van der Waals surface area contributed by atoms with Gasteiger partial charge in [0.15, 0.2) is 0 Å². The monoisotopic (exact) mass is 171 g/mol. The standard InChI is InChI=1S/C8H17N3O/c1-5(2)7(6(3)4)10-11-8(9)12/h5-6H,1-4H3,(H3,9,11,12). The third kappa shape index (κ3) is 3.95. The summed E-state index contributed by atoms with van der Waals surface area (Å²) in [5.74, 6) is 0.661. The first-order valence-electron chi connectivity index (χ1n) is 4.08. The number of hydrogen-bond donors (Lipinski definition) is 2. The van der Waals surface area contributed by atoms with Crippen LogP contribution < -0.4 is 11.2 Å². The largest absolute Gasteiger partial charge is 0.350 e. The minimum atomic E-state index is -0.617. The molecule has 0 atom stereocenters. The molecule has 0 saturated carbocycles. The van der Waals surface area contributed by atoms with Gasteiger partial charge in [0.05, 0.1) is 0 Å². The smallest absolute Gasteiger partial charge is 0.332 e. The van der Waals surface area contributed by atoms with E-state index >= 15 is 0 Å². The first-order valence-corrected chi connectivity index (χ1v) is 4.08. The molecule has 2 amide bonds. The molecule has 0 radical (unpaired) electrons. The zero-order valence-electron chi connectivity index (χ0n) is 8.09. The SMILES string of the molecule is CC(C)C(=NNC(N)=O)C(C)C. The fourth-order valence-corrected chi connectivity index (χ4v) is 1.04. The summed E-state index contributed by atoms with van der Waals surface area (Å²) in [6, 6.07) is -0.617. The number of primary amides is 1. The molecule has 0 aromatic rings. The van der Waals surface area contributed by atoms with Gasteiger partial charge in [0.1, 0.15) is 0 Å². The third-order valence-electron chi connectivity index (χ3n) is 1.48. The van der Waals surface area contributed by atoms with Gasteiger partial charge in [-0.05, 0) is 11.8 Å². The topological polar surface area (TPSA) is 67.5 Å². The molecule has 0 aliphatic rings. The Bertz CT molecular complexity index is 175. The van der Waals surface area contributed by atoms with Gasteiger partial charge in [-0.3, -0.25) is 0 Å². The highest BCUT2D eigenvalue weighted by molar-refractivity contribution is 5.88. The number of nitrogens with zero attached hydrogens (tertiary/aromatic N) is 1. The van der Waals surface area contributed by atoms with Crippen molar-refractivity contribution in [1.82, 2.24) is 5.43 Å². The predicted molar refractivity (Wildman–Crippen MR) is 49.8 cm³/mol. The highest BCUT2D eigenvalue weighted by Gasteiger charge is 2.09. The molecule has 0 rings (SSSR count). The van der Waals surface area contributed by atoms with Crippen LogP contribution in [0, 0.1) is 11.8 Å². The second-order valence-corrected chi connectivity index (χ2v) is 3.32. The predicted octanol–water partition coefficient (Wildman–Crippen LogP) is 1.32. The lowest BCUT2D eigenvalue weighted by Gasteiger charge is -2.12. The molecule has 0 spiro atoms. The number of amides is 2. The van der Waals surface area contributed by atoms with Crippen molar-refractivity contribution in [3.63, 3.8) is 0 Å². The molecule has 0 bridgehead atoms. The molecule has 0 unspecified atom stereocenters. The Kier molecular flexibility index (Phi) is 4.33. The zero-order chi connectivity index (χ0) is 9.72. The van der Waals surface area contributed by atoms with Crippen molar-refractivity contribution in [3.05, 3.63) is 0 Å². The van der Waals surface area contributed by atoms with E-state index in [1.807, 2.05) is 27.7 Å². The van der Waals surface area contributed by atoms with Crippen LogP contribution in [-0.4, -0.2) is 11.7 Å². The number of carbonyl (C=O) groups excluding carboxylic acids is 1. The molecular weight excluding hydrogens is 154 g/mol. The van der Waals surface area contributed by atoms with E-state index in [-0.39, 0.29) is 0 Å². The van der Waals surface area contributed by atoms with Gasteiger partial charge in [-0.1, -0.05) is 27.7 Å². The van der Waals surface area contributed by atoms with E-state index < -0.39 is 6.03 Å². The Hall–Kier alpha value is -1.06. The number of rotatable bonds is 3. The fraction of sp³-hybridized carbons (Fsp3) is 0.750. The molecule has 0 aliphatic carbocycles. The molecule has 4 heteroatoms. The molecular formula is C8H17N3O. The summed E-state index contributed by atoms with van der Waals surface area (Å²) in [4.78, 5) is 10.4. The van der Waals surface area contributed by atoms with Gasteiger partial charge < -0.3 is 5.73 Å². The van der Waals surface area contributed by atoms with Crippen LogP contribution >= 0.6 is 0 Å². The average Bonchev–Trinajstić information content (AvgIpc) is 1.84. The number of hydrogen-bond acceptors (Lipinski definition) is 2. The third-order valence-corrected chi connectivity index (χ3v) is 1.48. The Labute approximate surface area is 73.2 Å². The number of hydrazone groups is 1. The van der Waals surface area contributed by atoms with Crippen molar-refractivity contribution < 1.29 is 4.79 Å². The highest BCUT2D eigenvalue weighted by atomic mass is 16.2. The Morgan fingerprint density at radius 2 is 1.67 bits per heavy atom.